The van der Waals surface area contributed by atoms with E-state index in [0.29, 0.717) is 5.57 Å². The highest BCUT2D eigenvalue weighted by molar-refractivity contribution is 5.86. The van der Waals surface area contributed by atoms with Crippen LogP contribution in [0.2, 0.25) is 0 Å². The predicted molar refractivity (Wildman–Crippen MR) is 42.5 cm³/mol. The molecular weight excluding hydrogens is 144 g/mol. The highest BCUT2D eigenvalue weighted by Crippen LogP contribution is 2.10. The van der Waals surface area contributed by atoms with Crippen molar-refractivity contribution in [3.8, 4) is 0 Å². The van der Waals surface area contributed by atoms with Crippen LogP contribution in [0.5, 0.6) is 0 Å². The molecule has 0 amide bonds. The van der Waals surface area contributed by atoms with Crippen LogP contribution in [0.25, 0.3) is 0 Å². The Labute approximate surface area is 66.7 Å². The van der Waals surface area contributed by atoms with Crippen LogP contribution in [-0.4, -0.2) is 24.3 Å². The lowest BCUT2D eigenvalue weighted by atomic mass is 10.1. The smallest absolute Gasteiger partial charge is 0.331 e. The molecule has 1 N–H and O–H groups in total. The molecule has 0 aromatic carbocycles. The van der Waals surface area contributed by atoms with Crippen LogP contribution in [0.15, 0.2) is 11.1 Å². The summed E-state index contributed by atoms with van der Waals surface area (Å²) in [6.45, 7) is 5.16. The summed E-state index contributed by atoms with van der Waals surface area (Å²) in [7, 11) is 1.56. The van der Waals surface area contributed by atoms with Crippen LogP contribution in [-0.2, 0) is 9.53 Å². The van der Waals surface area contributed by atoms with E-state index in [2.05, 4.69) is 0 Å². The Hall–Kier alpha value is -0.830. The summed E-state index contributed by atoms with van der Waals surface area (Å²) in [6, 6.07) is 0. The lowest BCUT2D eigenvalue weighted by molar-refractivity contribution is -0.132. The van der Waals surface area contributed by atoms with E-state index in [0.717, 1.165) is 5.57 Å². The Morgan fingerprint density at radius 3 is 2.18 bits per heavy atom. The lowest BCUT2D eigenvalue weighted by Gasteiger charge is -2.11. The number of hydrogen-bond donors (Lipinski definition) is 1. The third-order valence-corrected chi connectivity index (χ3v) is 1.88. The molecule has 0 aliphatic rings. The van der Waals surface area contributed by atoms with Gasteiger partial charge in [0.25, 0.3) is 0 Å². The topological polar surface area (TPSA) is 46.5 Å². The fourth-order valence-corrected chi connectivity index (χ4v) is 0.650. The fourth-order valence-electron chi connectivity index (χ4n) is 0.650. The van der Waals surface area contributed by atoms with Gasteiger partial charge >= 0.3 is 5.97 Å². The molecule has 0 saturated heterocycles. The molecule has 1 unspecified atom stereocenters. The van der Waals surface area contributed by atoms with Gasteiger partial charge in [-0.15, -0.1) is 0 Å². The number of ether oxygens (including phenoxy) is 1. The zero-order valence-corrected chi connectivity index (χ0v) is 7.34. The zero-order valence-electron chi connectivity index (χ0n) is 7.34. The summed E-state index contributed by atoms with van der Waals surface area (Å²) >= 11 is 0. The summed E-state index contributed by atoms with van der Waals surface area (Å²) in [5.41, 5.74) is 1.12. The Bertz CT molecular complexity index is 182. The average molecular weight is 158 g/mol. The third-order valence-electron chi connectivity index (χ3n) is 1.88. The van der Waals surface area contributed by atoms with Crippen LogP contribution in [0.3, 0.4) is 0 Å². The average Bonchev–Trinajstić information content (AvgIpc) is 2.00. The van der Waals surface area contributed by atoms with Gasteiger partial charge in [0, 0.05) is 12.7 Å². The summed E-state index contributed by atoms with van der Waals surface area (Å²) in [5.74, 6) is -0.883. The second-order valence-corrected chi connectivity index (χ2v) is 2.49. The second-order valence-electron chi connectivity index (χ2n) is 2.49. The van der Waals surface area contributed by atoms with Gasteiger partial charge in [0.15, 0.2) is 0 Å². The molecule has 0 rings (SSSR count). The van der Waals surface area contributed by atoms with Crippen molar-refractivity contribution in [1.29, 1.82) is 0 Å². The molecule has 0 saturated carbocycles. The van der Waals surface area contributed by atoms with E-state index in [-0.39, 0.29) is 6.10 Å². The molecule has 0 heterocycles. The molecule has 3 nitrogen and oxygen atoms in total. The Morgan fingerprint density at radius 1 is 1.45 bits per heavy atom. The molecule has 0 aliphatic carbocycles. The largest absolute Gasteiger partial charge is 0.478 e. The van der Waals surface area contributed by atoms with Crippen LogP contribution in [0, 0.1) is 0 Å². The first kappa shape index (κ1) is 10.2. The monoisotopic (exact) mass is 158 g/mol. The maximum absolute atomic E-state index is 10.4. The first-order valence-electron chi connectivity index (χ1n) is 3.44. The standard InChI is InChI=1S/C8H14O3/c1-5(7(3)11-4)6(2)8(9)10/h7H,1-4H3,(H,9,10). The van der Waals surface area contributed by atoms with E-state index in [1.54, 1.807) is 21.0 Å². The molecule has 0 radical (unpaired) electrons. The normalized spacial score (nSPS) is 15.6. The number of aliphatic carboxylic acids is 1. The van der Waals surface area contributed by atoms with Gasteiger partial charge in [-0.3, -0.25) is 0 Å². The van der Waals surface area contributed by atoms with E-state index >= 15 is 0 Å². The van der Waals surface area contributed by atoms with Crippen molar-refractivity contribution in [3.63, 3.8) is 0 Å². The van der Waals surface area contributed by atoms with Crippen LogP contribution in [0.4, 0.5) is 0 Å². The van der Waals surface area contributed by atoms with Gasteiger partial charge in [-0.05, 0) is 26.3 Å². The van der Waals surface area contributed by atoms with E-state index in [1.807, 2.05) is 6.92 Å². The van der Waals surface area contributed by atoms with Crippen molar-refractivity contribution in [2.45, 2.75) is 26.9 Å². The van der Waals surface area contributed by atoms with Gasteiger partial charge in [0.1, 0.15) is 0 Å². The number of carbonyl (C=O) groups is 1. The minimum absolute atomic E-state index is 0.119. The molecule has 0 aromatic rings. The summed E-state index contributed by atoms with van der Waals surface area (Å²) < 4.78 is 4.96. The number of rotatable bonds is 3. The number of carboxylic acids is 1. The number of hydrogen-bond acceptors (Lipinski definition) is 2. The Kier molecular flexibility index (Phi) is 3.82. The molecule has 64 valence electrons. The maximum atomic E-state index is 10.4. The van der Waals surface area contributed by atoms with Gasteiger partial charge in [-0.1, -0.05) is 0 Å². The summed E-state index contributed by atoms with van der Waals surface area (Å²) in [5, 5.41) is 8.58. The predicted octanol–water partition coefficient (Wildman–Crippen LogP) is 1.44. The molecule has 11 heavy (non-hydrogen) atoms. The van der Waals surface area contributed by atoms with Crippen LogP contribution >= 0.6 is 0 Å². The first-order valence-corrected chi connectivity index (χ1v) is 3.44. The Balaban J connectivity index is 4.51. The van der Waals surface area contributed by atoms with Gasteiger partial charge in [0.05, 0.1) is 6.10 Å². The third kappa shape index (κ3) is 2.72. The Morgan fingerprint density at radius 2 is 1.91 bits per heavy atom. The molecular formula is C8H14O3. The summed E-state index contributed by atoms with van der Waals surface area (Å²) in [6.07, 6.45) is -0.119. The minimum Gasteiger partial charge on any atom is -0.478 e. The molecule has 0 aromatic heterocycles. The van der Waals surface area contributed by atoms with Crippen molar-refractivity contribution >= 4 is 5.97 Å². The fraction of sp³-hybridized carbons (Fsp3) is 0.625. The van der Waals surface area contributed by atoms with Crippen molar-refractivity contribution in [2.24, 2.45) is 0 Å². The van der Waals surface area contributed by atoms with Gasteiger partial charge < -0.3 is 9.84 Å². The minimum atomic E-state index is -0.883. The quantitative estimate of drug-likeness (QED) is 0.632. The molecule has 0 spiro atoms. The number of methoxy groups -OCH3 is 1. The van der Waals surface area contributed by atoms with Crippen LogP contribution < -0.4 is 0 Å². The van der Waals surface area contributed by atoms with Gasteiger partial charge in [-0.2, -0.15) is 0 Å². The molecule has 0 fully saturated rings. The molecule has 0 aliphatic heterocycles. The molecule has 3 heteroatoms. The van der Waals surface area contributed by atoms with E-state index < -0.39 is 5.97 Å². The summed E-state index contributed by atoms with van der Waals surface area (Å²) in [4.78, 5) is 10.4. The lowest BCUT2D eigenvalue weighted by Crippen LogP contribution is -2.11. The highest BCUT2D eigenvalue weighted by Gasteiger charge is 2.10. The highest BCUT2D eigenvalue weighted by atomic mass is 16.5. The van der Waals surface area contributed by atoms with Crippen molar-refractivity contribution in [3.05, 3.63) is 11.1 Å². The van der Waals surface area contributed by atoms with E-state index in [4.69, 9.17) is 9.84 Å². The van der Waals surface area contributed by atoms with Crippen molar-refractivity contribution in [2.75, 3.05) is 7.11 Å². The first-order chi connectivity index (χ1) is 5.00. The molecule has 1 atom stereocenters. The van der Waals surface area contributed by atoms with E-state index in [9.17, 15) is 4.79 Å². The zero-order chi connectivity index (χ0) is 9.02. The van der Waals surface area contributed by atoms with E-state index in [1.165, 1.54) is 0 Å². The van der Waals surface area contributed by atoms with Crippen molar-refractivity contribution in [1.82, 2.24) is 0 Å². The number of carboxylic acid groups (broad SMARTS) is 1. The van der Waals surface area contributed by atoms with Gasteiger partial charge in [-0.25, -0.2) is 4.79 Å². The SMILES string of the molecule is COC(C)C(C)=C(C)C(=O)O. The van der Waals surface area contributed by atoms with Gasteiger partial charge in [0.2, 0.25) is 0 Å². The maximum Gasteiger partial charge on any atom is 0.331 e. The molecule has 0 bridgehead atoms. The van der Waals surface area contributed by atoms with Crippen LogP contribution in [0.1, 0.15) is 20.8 Å². The van der Waals surface area contributed by atoms with Crippen molar-refractivity contribution < 1.29 is 14.6 Å². The second kappa shape index (κ2) is 4.13.